The Kier molecular flexibility index (Phi) is 11.5. The predicted molar refractivity (Wildman–Crippen MR) is 97.2 cm³/mol. The number of halogens is 2. The molecule has 0 bridgehead atoms. The van der Waals surface area contributed by atoms with Crippen molar-refractivity contribution in [1.29, 1.82) is 0 Å². The zero-order valence-corrected chi connectivity index (χ0v) is 15.7. The van der Waals surface area contributed by atoms with Gasteiger partial charge in [-0.3, -0.25) is 4.79 Å². The molecular formula is C16H33Cl2N3O. The summed E-state index contributed by atoms with van der Waals surface area (Å²) in [6.07, 6.45) is 5.81. The average Bonchev–Trinajstić information content (AvgIpc) is 2.47. The lowest BCUT2D eigenvalue weighted by atomic mass is 9.94. The smallest absolute Gasteiger partial charge is 0.223 e. The van der Waals surface area contributed by atoms with E-state index >= 15 is 0 Å². The van der Waals surface area contributed by atoms with E-state index < -0.39 is 0 Å². The van der Waals surface area contributed by atoms with Gasteiger partial charge in [-0.15, -0.1) is 24.8 Å². The van der Waals surface area contributed by atoms with Gasteiger partial charge in [0.2, 0.25) is 5.91 Å². The number of hydrogen-bond acceptors (Lipinski definition) is 3. The van der Waals surface area contributed by atoms with E-state index in [1.54, 1.807) is 0 Å². The van der Waals surface area contributed by atoms with Crippen molar-refractivity contribution >= 4 is 30.7 Å². The van der Waals surface area contributed by atoms with Crippen molar-refractivity contribution in [2.75, 3.05) is 46.3 Å². The van der Waals surface area contributed by atoms with E-state index in [1.807, 2.05) is 7.05 Å². The van der Waals surface area contributed by atoms with Gasteiger partial charge in [-0.05, 0) is 57.7 Å². The summed E-state index contributed by atoms with van der Waals surface area (Å²) in [6, 6.07) is 0. The molecule has 1 atom stereocenters. The molecule has 1 unspecified atom stereocenters. The third kappa shape index (κ3) is 7.03. The lowest BCUT2D eigenvalue weighted by Gasteiger charge is -2.38. The van der Waals surface area contributed by atoms with E-state index in [4.69, 9.17) is 0 Å². The second kappa shape index (κ2) is 11.5. The molecule has 4 nitrogen and oxygen atoms in total. The first-order chi connectivity index (χ1) is 9.69. The Hall–Kier alpha value is -0.0300. The van der Waals surface area contributed by atoms with Gasteiger partial charge in [-0.25, -0.2) is 0 Å². The highest BCUT2D eigenvalue weighted by atomic mass is 35.5. The Balaban J connectivity index is 0.00000220. The topological polar surface area (TPSA) is 35.6 Å². The number of carbonyl (C=O) groups excluding carboxylic acids is 1. The van der Waals surface area contributed by atoms with Crippen LogP contribution >= 0.6 is 24.8 Å². The molecule has 2 saturated heterocycles. The molecule has 2 rings (SSSR count). The van der Waals surface area contributed by atoms with Crippen LogP contribution in [0.1, 0.15) is 39.0 Å². The maximum Gasteiger partial charge on any atom is 0.223 e. The Morgan fingerprint density at radius 3 is 2.45 bits per heavy atom. The van der Waals surface area contributed by atoms with Gasteiger partial charge >= 0.3 is 0 Å². The highest BCUT2D eigenvalue weighted by Crippen LogP contribution is 2.22. The molecule has 2 fully saturated rings. The van der Waals surface area contributed by atoms with Crippen molar-refractivity contribution in [3.63, 3.8) is 0 Å². The quantitative estimate of drug-likeness (QED) is 0.824. The highest BCUT2D eigenvalue weighted by molar-refractivity contribution is 5.85. The molecule has 0 aliphatic carbocycles. The number of nitrogens with zero attached hydrogens (tertiary/aromatic N) is 2. The minimum absolute atomic E-state index is 0. The molecule has 0 aromatic carbocycles. The van der Waals surface area contributed by atoms with Crippen LogP contribution in [0.4, 0.5) is 0 Å². The van der Waals surface area contributed by atoms with Crippen LogP contribution in [0, 0.1) is 11.8 Å². The number of nitrogens with one attached hydrogen (secondary N) is 1. The van der Waals surface area contributed by atoms with Crippen LogP contribution in [0.15, 0.2) is 0 Å². The summed E-state index contributed by atoms with van der Waals surface area (Å²) >= 11 is 0. The molecule has 2 aliphatic rings. The normalized spacial score (nSPS) is 23.5. The van der Waals surface area contributed by atoms with Gasteiger partial charge in [0, 0.05) is 32.6 Å². The molecule has 0 saturated carbocycles. The van der Waals surface area contributed by atoms with E-state index in [2.05, 4.69) is 22.0 Å². The highest BCUT2D eigenvalue weighted by Gasteiger charge is 2.26. The first kappa shape index (κ1) is 22.0. The third-order valence-corrected chi connectivity index (χ3v) is 4.85. The predicted octanol–water partition coefficient (Wildman–Crippen LogP) is 2.41. The van der Waals surface area contributed by atoms with Crippen LogP contribution in [-0.4, -0.2) is 62.0 Å². The lowest BCUT2D eigenvalue weighted by molar-refractivity contribution is -0.133. The number of piperidine rings is 2. The Bertz CT molecular complexity index is 310. The van der Waals surface area contributed by atoms with Crippen molar-refractivity contribution in [3.8, 4) is 0 Å². The van der Waals surface area contributed by atoms with E-state index in [0.717, 1.165) is 25.6 Å². The standard InChI is InChI=1S/C16H31N3O.2ClH/c1-14-6-10-18(11-7-14)12-15-4-3-9-19(13-15)16(20)5-8-17-2;;/h14-15,17H,3-13H2,1-2H3;2*1H. The minimum Gasteiger partial charge on any atom is -0.342 e. The number of hydrogen-bond donors (Lipinski definition) is 1. The summed E-state index contributed by atoms with van der Waals surface area (Å²) in [4.78, 5) is 16.8. The average molecular weight is 354 g/mol. The summed E-state index contributed by atoms with van der Waals surface area (Å²) in [7, 11) is 1.91. The Morgan fingerprint density at radius 1 is 1.14 bits per heavy atom. The Labute approximate surface area is 148 Å². The summed E-state index contributed by atoms with van der Waals surface area (Å²) in [5, 5.41) is 3.06. The molecule has 132 valence electrons. The molecule has 0 radical (unpaired) electrons. The molecule has 0 aromatic rings. The minimum atomic E-state index is 0. The molecule has 6 heteroatoms. The SMILES string of the molecule is CNCCC(=O)N1CCCC(CN2CCC(C)CC2)C1.Cl.Cl. The molecule has 2 heterocycles. The first-order valence-electron chi connectivity index (χ1n) is 8.33. The summed E-state index contributed by atoms with van der Waals surface area (Å²) in [5.74, 6) is 1.92. The molecular weight excluding hydrogens is 321 g/mol. The van der Waals surface area contributed by atoms with E-state index in [0.29, 0.717) is 18.2 Å². The van der Waals surface area contributed by atoms with Crippen LogP contribution in [0.25, 0.3) is 0 Å². The van der Waals surface area contributed by atoms with Gasteiger partial charge in [0.05, 0.1) is 0 Å². The molecule has 2 aliphatic heterocycles. The van der Waals surface area contributed by atoms with Gasteiger partial charge in [0.25, 0.3) is 0 Å². The third-order valence-electron chi connectivity index (χ3n) is 4.85. The lowest BCUT2D eigenvalue weighted by Crippen LogP contribution is -2.45. The molecule has 1 amide bonds. The second-order valence-electron chi connectivity index (χ2n) is 6.68. The summed E-state index contributed by atoms with van der Waals surface area (Å²) < 4.78 is 0. The molecule has 1 N–H and O–H groups in total. The van der Waals surface area contributed by atoms with Crippen molar-refractivity contribution in [3.05, 3.63) is 0 Å². The van der Waals surface area contributed by atoms with Crippen LogP contribution in [0.3, 0.4) is 0 Å². The maximum atomic E-state index is 12.1. The van der Waals surface area contributed by atoms with Gasteiger partial charge in [-0.2, -0.15) is 0 Å². The first-order valence-corrected chi connectivity index (χ1v) is 8.33. The fraction of sp³-hybridized carbons (Fsp3) is 0.938. The van der Waals surface area contributed by atoms with E-state index in [-0.39, 0.29) is 24.8 Å². The van der Waals surface area contributed by atoms with Crippen LogP contribution in [0.5, 0.6) is 0 Å². The van der Waals surface area contributed by atoms with Crippen LogP contribution in [0.2, 0.25) is 0 Å². The fourth-order valence-electron chi connectivity index (χ4n) is 3.44. The van der Waals surface area contributed by atoms with E-state index in [1.165, 1.54) is 45.3 Å². The van der Waals surface area contributed by atoms with Crippen molar-refractivity contribution < 1.29 is 4.79 Å². The largest absolute Gasteiger partial charge is 0.342 e. The maximum absolute atomic E-state index is 12.1. The van der Waals surface area contributed by atoms with Gasteiger partial charge in [-0.1, -0.05) is 6.92 Å². The van der Waals surface area contributed by atoms with Gasteiger partial charge < -0.3 is 15.1 Å². The number of carbonyl (C=O) groups is 1. The van der Waals surface area contributed by atoms with E-state index in [9.17, 15) is 4.79 Å². The van der Waals surface area contributed by atoms with Gasteiger partial charge in [0.1, 0.15) is 0 Å². The second-order valence-corrected chi connectivity index (χ2v) is 6.68. The van der Waals surface area contributed by atoms with Crippen molar-refractivity contribution in [2.45, 2.75) is 39.0 Å². The summed E-state index contributed by atoms with van der Waals surface area (Å²) in [5.41, 5.74) is 0. The van der Waals surface area contributed by atoms with Crippen LogP contribution in [-0.2, 0) is 4.79 Å². The van der Waals surface area contributed by atoms with Crippen molar-refractivity contribution in [2.24, 2.45) is 11.8 Å². The Morgan fingerprint density at radius 2 is 1.82 bits per heavy atom. The summed E-state index contributed by atoms with van der Waals surface area (Å²) in [6.45, 7) is 8.81. The van der Waals surface area contributed by atoms with Crippen LogP contribution < -0.4 is 5.32 Å². The number of amides is 1. The van der Waals surface area contributed by atoms with Crippen molar-refractivity contribution in [1.82, 2.24) is 15.1 Å². The molecule has 0 aromatic heterocycles. The zero-order valence-electron chi connectivity index (χ0n) is 14.1. The van der Waals surface area contributed by atoms with Gasteiger partial charge in [0.15, 0.2) is 0 Å². The zero-order chi connectivity index (χ0) is 14.4. The number of likely N-dealkylation sites (tertiary alicyclic amines) is 2. The fourth-order valence-corrected chi connectivity index (χ4v) is 3.44. The molecule has 22 heavy (non-hydrogen) atoms. The number of rotatable bonds is 5. The monoisotopic (exact) mass is 353 g/mol. The molecule has 0 spiro atoms.